The van der Waals surface area contributed by atoms with E-state index in [2.05, 4.69) is 15.2 Å². The first-order valence-corrected chi connectivity index (χ1v) is 11.2. The Morgan fingerprint density at radius 1 is 0.886 bits per heavy atom. The molecular formula is C26H22N6O3. The van der Waals surface area contributed by atoms with Gasteiger partial charge in [0, 0.05) is 49.2 Å². The van der Waals surface area contributed by atoms with Crippen LogP contribution >= 0.6 is 0 Å². The lowest BCUT2D eigenvalue weighted by molar-refractivity contribution is 0.297. The predicted molar refractivity (Wildman–Crippen MR) is 132 cm³/mol. The number of oxazole rings is 1. The molecule has 0 radical (unpaired) electrons. The molecule has 174 valence electrons. The number of aromatic nitrogens is 6. The molecule has 6 aromatic rings. The largest absolute Gasteiger partial charge is 0.491 e. The summed E-state index contributed by atoms with van der Waals surface area (Å²) in [5, 5.41) is 9.35. The Morgan fingerprint density at radius 2 is 1.60 bits per heavy atom. The number of benzene rings is 2. The van der Waals surface area contributed by atoms with Crippen molar-refractivity contribution in [1.82, 2.24) is 29.1 Å². The minimum Gasteiger partial charge on any atom is -0.491 e. The van der Waals surface area contributed by atoms with E-state index in [0.29, 0.717) is 24.5 Å². The van der Waals surface area contributed by atoms with Gasteiger partial charge in [-0.05, 0) is 41.5 Å². The van der Waals surface area contributed by atoms with Crippen LogP contribution in [0.1, 0.15) is 0 Å². The molecule has 0 atom stereocenters. The van der Waals surface area contributed by atoms with Crippen molar-refractivity contribution in [3.05, 3.63) is 84.0 Å². The van der Waals surface area contributed by atoms with E-state index < -0.39 is 5.76 Å². The van der Waals surface area contributed by atoms with Crippen molar-refractivity contribution in [2.75, 3.05) is 6.61 Å². The van der Waals surface area contributed by atoms with Gasteiger partial charge < -0.3 is 9.15 Å². The molecule has 35 heavy (non-hydrogen) atoms. The van der Waals surface area contributed by atoms with Crippen LogP contribution in [0.3, 0.4) is 0 Å². The third-order valence-corrected chi connectivity index (χ3v) is 6.02. The maximum absolute atomic E-state index is 12.5. The normalized spacial score (nSPS) is 11.5. The number of hydrogen-bond donors (Lipinski definition) is 0. The topological polar surface area (TPSA) is 92.9 Å². The number of ether oxygens (including phenoxy) is 1. The first-order valence-electron chi connectivity index (χ1n) is 11.2. The second-order valence-electron chi connectivity index (χ2n) is 8.40. The number of nitrogens with zero attached hydrogens (tertiary/aromatic N) is 6. The summed E-state index contributed by atoms with van der Waals surface area (Å²) < 4.78 is 16.7. The second kappa shape index (κ2) is 8.28. The lowest BCUT2D eigenvalue weighted by Gasteiger charge is -2.10. The monoisotopic (exact) mass is 466 g/mol. The molecule has 0 aliphatic heterocycles. The van der Waals surface area contributed by atoms with E-state index in [4.69, 9.17) is 9.15 Å². The highest BCUT2D eigenvalue weighted by Gasteiger charge is 2.12. The fraction of sp³-hybridized carbons (Fsp3) is 0.154. The van der Waals surface area contributed by atoms with Crippen molar-refractivity contribution < 1.29 is 9.15 Å². The third kappa shape index (κ3) is 3.86. The number of fused-ring (bicyclic) bond motifs is 2. The Morgan fingerprint density at radius 3 is 2.31 bits per heavy atom. The molecular weight excluding hydrogens is 444 g/mol. The van der Waals surface area contributed by atoms with Crippen LogP contribution in [-0.2, 0) is 20.6 Å². The molecule has 0 aliphatic rings. The molecule has 0 unspecified atom stereocenters. The highest BCUT2D eigenvalue weighted by Crippen LogP contribution is 2.29. The fourth-order valence-electron chi connectivity index (χ4n) is 4.27. The zero-order valence-corrected chi connectivity index (χ0v) is 19.3. The molecule has 4 heterocycles. The molecule has 2 aromatic carbocycles. The van der Waals surface area contributed by atoms with Crippen LogP contribution in [0.25, 0.3) is 44.3 Å². The van der Waals surface area contributed by atoms with Gasteiger partial charge in [0.2, 0.25) is 0 Å². The quantitative estimate of drug-likeness (QED) is 0.368. The molecule has 6 rings (SSSR count). The van der Waals surface area contributed by atoms with Crippen LogP contribution in [0, 0.1) is 0 Å². The standard InChI is InChI=1S/C26H22N6O3/c1-30-15-19(13-28-30)17-3-5-21-22(11-17)27-8-7-24(21)34-10-9-32-23-6-4-18(12-25(23)35-26(32)33)20-14-29-31(2)16-20/h3-8,11-16H,9-10H2,1-2H3. The Hall–Kier alpha value is -4.66. The van der Waals surface area contributed by atoms with Crippen molar-refractivity contribution in [2.45, 2.75) is 6.54 Å². The van der Waals surface area contributed by atoms with E-state index in [9.17, 15) is 4.79 Å². The fourth-order valence-corrected chi connectivity index (χ4v) is 4.27. The second-order valence-corrected chi connectivity index (χ2v) is 8.40. The summed E-state index contributed by atoms with van der Waals surface area (Å²) in [5.74, 6) is 0.306. The maximum Gasteiger partial charge on any atom is 0.420 e. The number of pyridine rings is 1. The third-order valence-electron chi connectivity index (χ3n) is 6.02. The van der Waals surface area contributed by atoms with Gasteiger partial charge in [-0.3, -0.25) is 18.9 Å². The summed E-state index contributed by atoms with van der Waals surface area (Å²) in [5.41, 5.74) is 6.07. The highest BCUT2D eigenvalue weighted by molar-refractivity contribution is 5.88. The van der Waals surface area contributed by atoms with E-state index in [1.165, 1.54) is 0 Å². The first-order chi connectivity index (χ1) is 17.0. The molecule has 9 heteroatoms. The van der Waals surface area contributed by atoms with Gasteiger partial charge in [-0.1, -0.05) is 12.1 Å². The van der Waals surface area contributed by atoms with E-state index in [1.54, 1.807) is 26.3 Å². The van der Waals surface area contributed by atoms with Gasteiger partial charge in [0.15, 0.2) is 5.58 Å². The molecule has 0 spiro atoms. The molecule has 0 fully saturated rings. The van der Waals surface area contributed by atoms with Crippen molar-refractivity contribution in [2.24, 2.45) is 14.1 Å². The molecule has 4 aromatic heterocycles. The van der Waals surface area contributed by atoms with Crippen molar-refractivity contribution in [3.63, 3.8) is 0 Å². The summed E-state index contributed by atoms with van der Waals surface area (Å²) in [6.07, 6.45) is 9.22. The molecule has 0 saturated carbocycles. The van der Waals surface area contributed by atoms with E-state index >= 15 is 0 Å². The highest BCUT2D eigenvalue weighted by atomic mass is 16.5. The molecule has 0 aliphatic carbocycles. The zero-order chi connectivity index (χ0) is 23.9. The molecule has 0 saturated heterocycles. The van der Waals surface area contributed by atoms with Gasteiger partial charge in [-0.2, -0.15) is 10.2 Å². The van der Waals surface area contributed by atoms with Crippen molar-refractivity contribution in [3.8, 4) is 28.0 Å². The molecule has 0 N–H and O–H groups in total. The van der Waals surface area contributed by atoms with Crippen molar-refractivity contribution >= 4 is 22.0 Å². The lowest BCUT2D eigenvalue weighted by atomic mass is 10.1. The lowest BCUT2D eigenvalue weighted by Crippen LogP contribution is -2.18. The van der Waals surface area contributed by atoms with Crippen LogP contribution in [0.2, 0.25) is 0 Å². The number of aryl methyl sites for hydroxylation is 2. The number of hydrogen-bond acceptors (Lipinski definition) is 6. The van der Waals surface area contributed by atoms with E-state index in [0.717, 1.165) is 38.7 Å². The van der Waals surface area contributed by atoms with Crippen LogP contribution in [-0.4, -0.2) is 35.7 Å². The van der Waals surface area contributed by atoms with Gasteiger partial charge in [0.1, 0.15) is 12.4 Å². The van der Waals surface area contributed by atoms with Crippen LogP contribution in [0.5, 0.6) is 5.75 Å². The average Bonchev–Trinajstić information content (AvgIpc) is 3.57. The molecule has 0 amide bonds. The zero-order valence-electron chi connectivity index (χ0n) is 19.3. The Labute approximate surface area is 199 Å². The van der Waals surface area contributed by atoms with Gasteiger partial charge in [-0.25, -0.2) is 4.79 Å². The predicted octanol–water partition coefficient (Wildman–Crippen LogP) is 4.02. The van der Waals surface area contributed by atoms with Gasteiger partial charge in [0.25, 0.3) is 0 Å². The molecule has 0 bridgehead atoms. The minimum atomic E-state index is -0.410. The minimum absolute atomic E-state index is 0.308. The SMILES string of the molecule is Cn1cc(-c2ccc3c(OCCn4c(=O)oc5cc(-c6cnn(C)c6)ccc54)ccnc3c2)cn1. The van der Waals surface area contributed by atoms with Crippen LogP contribution in [0.4, 0.5) is 0 Å². The maximum atomic E-state index is 12.5. The first kappa shape index (κ1) is 20.9. The summed E-state index contributed by atoms with van der Waals surface area (Å²) in [6.45, 7) is 0.665. The van der Waals surface area contributed by atoms with Crippen molar-refractivity contribution in [1.29, 1.82) is 0 Å². The van der Waals surface area contributed by atoms with E-state index in [1.807, 2.05) is 75.2 Å². The number of rotatable bonds is 6. The van der Waals surface area contributed by atoms with Gasteiger partial charge in [0.05, 0.1) is 30.0 Å². The van der Waals surface area contributed by atoms with Crippen LogP contribution < -0.4 is 10.5 Å². The average molecular weight is 467 g/mol. The summed E-state index contributed by atoms with van der Waals surface area (Å²) in [7, 11) is 3.76. The molecule has 9 nitrogen and oxygen atoms in total. The Bertz CT molecular complexity index is 1740. The van der Waals surface area contributed by atoms with Gasteiger partial charge in [-0.15, -0.1) is 0 Å². The summed E-state index contributed by atoms with van der Waals surface area (Å²) in [4.78, 5) is 17.0. The summed E-state index contributed by atoms with van der Waals surface area (Å²) >= 11 is 0. The Kier molecular flexibility index (Phi) is 4.95. The Balaban J connectivity index is 1.22. The smallest absolute Gasteiger partial charge is 0.420 e. The van der Waals surface area contributed by atoms with Crippen LogP contribution in [0.15, 0.2) is 82.7 Å². The summed E-state index contributed by atoms with van der Waals surface area (Å²) in [6, 6.07) is 13.6. The van der Waals surface area contributed by atoms with Gasteiger partial charge >= 0.3 is 5.76 Å². The van der Waals surface area contributed by atoms with E-state index in [-0.39, 0.29) is 0 Å².